The van der Waals surface area contributed by atoms with Gasteiger partial charge >= 0.3 is 0 Å². The third-order valence-corrected chi connectivity index (χ3v) is 4.04. The second kappa shape index (κ2) is 5.68. The van der Waals surface area contributed by atoms with E-state index in [0.717, 1.165) is 12.1 Å². The molecule has 1 aromatic carbocycles. The van der Waals surface area contributed by atoms with Gasteiger partial charge in [0, 0.05) is 31.1 Å². The lowest BCUT2D eigenvalue weighted by atomic mass is 10.1. The molecule has 19 heavy (non-hydrogen) atoms. The molecular formula is C16H21N3. The van der Waals surface area contributed by atoms with Crippen LogP contribution in [0.2, 0.25) is 0 Å². The third kappa shape index (κ3) is 2.94. The van der Waals surface area contributed by atoms with Crippen LogP contribution in [0, 0.1) is 0 Å². The van der Waals surface area contributed by atoms with Gasteiger partial charge < -0.3 is 5.32 Å². The average Bonchev–Trinajstić information content (AvgIpc) is 2.48. The molecule has 1 aliphatic heterocycles. The molecular weight excluding hydrogens is 234 g/mol. The Kier molecular flexibility index (Phi) is 3.76. The monoisotopic (exact) mass is 255 g/mol. The molecule has 0 spiro atoms. The Morgan fingerprint density at radius 1 is 1.16 bits per heavy atom. The zero-order chi connectivity index (χ0) is 13.1. The molecule has 0 radical (unpaired) electrons. The van der Waals surface area contributed by atoms with E-state index in [2.05, 4.69) is 53.7 Å². The van der Waals surface area contributed by atoms with Gasteiger partial charge in [-0.25, -0.2) is 0 Å². The molecule has 3 heteroatoms. The number of aromatic nitrogens is 1. The first kappa shape index (κ1) is 12.6. The summed E-state index contributed by atoms with van der Waals surface area (Å²) in [6, 6.07) is 13.4. The summed E-state index contributed by atoms with van der Waals surface area (Å²) in [5.41, 5.74) is 2.28. The standard InChI is InChI=1S/C16H21N3/c1-17-14-8-10-19(11-9-14)12-15-7-6-13-4-2-3-5-16(13)18-15/h2-7,14,17H,8-12H2,1H3. The topological polar surface area (TPSA) is 28.2 Å². The van der Waals surface area contributed by atoms with Crippen LogP contribution in [0.5, 0.6) is 0 Å². The zero-order valence-electron chi connectivity index (χ0n) is 11.5. The summed E-state index contributed by atoms with van der Waals surface area (Å²) in [6.07, 6.45) is 2.48. The highest BCUT2D eigenvalue weighted by Gasteiger charge is 2.17. The molecule has 0 unspecified atom stereocenters. The summed E-state index contributed by atoms with van der Waals surface area (Å²) >= 11 is 0. The minimum absolute atomic E-state index is 0.695. The number of para-hydroxylation sites is 1. The van der Waals surface area contributed by atoms with E-state index < -0.39 is 0 Å². The number of benzene rings is 1. The lowest BCUT2D eigenvalue weighted by molar-refractivity contribution is 0.193. The van der Waals surface area contributed by atoms with E-state index in [4.69, 9.17) is 4.98 Å². The average molecular weight is 255 g/mol. The highest BCUT2D eigenvalue weighted by Crippen LogP contribution is 2.16. The number of fused-ring (bicyclic) bond motifs is 1. The van der Waals surface area contributed by atoms with Crippen molar-refractivity contribution in [2.75, 3.05) is 20.1 Å². The van der Waals surface area contributed by atoms with Crippen LogP contribution in [-0.4, -0.2) is 36.1 Å². The van der Waals surface area contributed by atoms with Crippen molar-refractivity contribution in [3.05, 3.63) is 42.1 Å². The molecule has 1 fully saturated rings. The number of pyridine rings is 1. The van der Waals surface area contributed by atoms with E-state index in [0.29, 0.717) is 6.04 Å². The number of nitrogens with zero attached hydrogens (tertiary/aromatic N) is 2. The van der Waals surface area contributed by atoms with Gasteiger partial charge in [0.05, 0.1) is 11.2 Å². The van der Waals surface area contributed by atoms with Crippen molar-refractivity contribution in [3.8, 4) is 0 Å². The first-order chi connectivity index (χ1) is 9.35. The zero-order valence-corrected chi connectivity index (χ0v) is 11.5. The van der Waals surface area contributed by atoms with Crippen molar-refractivity contribution < 1.29 is 0 Å². The van der Waals surface area contributed by atoms with Gasteiger partial charge in [-0.2, -0.15) is 0 Å². The molecule has 0 aliphatic carbocycles. The van der Waals surface area contributed by atoms with Crippen molar-refractivity contribution in [3.63, 3.8) is 0 Å². The van der Waals surface area contributed by atoms with Crippen LogP contribution in [-0.2, 0) is 6.54 Å². The normalized spacial score (nSPS) is 17.9. The van der Waals surface area contributed by atoms with Crippen molar-refractivity contribution >= 4 is 10.9 Å². The van der Waals surface area contributed by atoms with Crippen LogP contribution in [0.4, 0.5) is 0 Å². The lowest BCUT2D eigenvalue weighted by Gasteiger charge is -2.31. The third-order valence-electron chi connectivity index (χ3n) is 4.04. The Morgan fingerprint density at radius 2 is 1.95 bits per heavy atom. The van der Waals surface area contributed by atoms with E-state index in [1.165, 1.54) is 37.0 Å². The molecule has 1 aliphatic rings. The summed E-state index contributed by atoms with van der Waals surface area (Å²) in [5.74, 6) is 0. The van der Waals surface area contributed by atoms with Gasteiger partial charge in [0.1, 0.15) is 0 Å². The SMILES string of the molecule is CNC1CCN(Cc2ccc3ccccc3n2)CC1. The minimum Gasteiger partial charge on any atom is -0.317 e. The number of hydrogen-bond donors (Lipinski definition) is 1. The Morgan fingerprint density at radius 3 is 2.74 bits per heavy atom. The molecule has 3 nitrogen and oxygen atoms in total. The fourth-order valence-electron chi connectivity index (χ4n) is 2.81. The molecule has 0 bridgehead atoms. The van der Waals surface area contributed by atoms with Crippen molar-refractivity contribution in [1.82, 2.24) is 15.2 Å². The number of likely N-dealkylation sites (tertiary alicyclic amines) is 1. The Labute approximate surface area is 114 Å². The fraction of sp³-hybridized carbons (Fsp3) is 0.438. The van der Waals surface area contributed by atoms with E-state index in [1.807, 2.05) is 0 Å². The smallest absolute Gasteiger partial charge is 0.0705 e. The predicted molar refractivity (Wildman–Crippen MR) is 79.1 cm³/mol. The van der Waals surface area contributed by atoms with Gasteiger partial charge in [-0.3, -0.25) is 9.88 Å². The Hall–Kier alpha value is -1.45. The molecule has 0 amide bonds. The van der Waals surface area contributed by atoms with E-state index in [1.54, 1.807) is 0 Å². The van der Waals surface area contributed by atoms with Crippen LogP contribution in [0.25, 0.3) is 10.9 Å². The number of hydrogen-bond acceptors (Lipinski definition) is 3. The minimum atomic E-state index is 0.695. The molecule has 0 saturated carbocycles. The highest BCUT2D eigenvalue weighted by atomic mass is 15.1. The second-order valence-corrected chi connectivity index (χ2v) is 5.33. The van der Waals surface area contributed by atoms with Gasteiger partial charge in [0.2, 0.25) is 0 Å². The number of nitrogens with one attached hydrogen (secondary N) is 1. The molecule has 2 aromatic rings. The second-order valence-electron chi connectivity index (χ2n) is 5.33. The van der Waals surface area contributed by atoms with Crippen LogP contribution in [0.15, 0.2) is 36.4 Å². The molecule has 0 atom stereocenters. The predicted octanol–water partition coefficient (Wildman–Crippen LogP) is 2.42. The van der Waals surface area contributed by atoms with Crippen molar-refractivity contribution in [2.24, 2.45) is 0 Å². The molecule has 1 N–H and O–H groups in total. The van der Waals surface area contributed by atoms with E-state index in [9.17, 15) is 0 Å². The Bertz CT molecular complexity index is 544. The van der Waals surface area contributed by atoms with Gasteiger partial charge in [0.15, 0.2) is 0 Å². The van der Waals surface area contributed by atoms with Crippen LogP contribution in [0.1, 0.15) is 18.5 Å². The summed E-state index contributed by atoms with van der Waals surface area (Å²) in [6.45, 7) is 3.31. The van der Waals surface area contributed by atoms with Crippen molar-refractivity contribution in [1.29, 1.82) is 0 Å². The molecule has 1 aromatic heterocycles. The maximum Gasteiger partial charge on any atom is 0.0705 e. The van der Waals surface area contributed by atoms with Crippen LogP contribution >= 0.6 is 0 Å². The van der Waals surface area contributed by atoms with Gasteiger partial charge in [-0.1, -0.05) is 24.3 Å². The maximum atomic E-state index is 4.75. The van der Waals surface area contributed by atoms with E-state index in [-0.39, 0.29) is 0 Å². The highest BCUT2D eigenvalue weighted by molar-refractivity contribution is 5.78. The maximum absolute atomic E-state index is 4.75. The molecule has 3 rings (SSSR count). The molecule has 1 saturated heterocycles. The largest absolute Gasteiger partial charge is 0.317 e. The molecule has 2 heterocycles. The van der Waals surface area contributed by atoms with Crippen molar-refractivity contribution in [2.45, 2.75) is 25.4 Å². The van der Waals surface area contributed by atoms with Gasteiger partial charge in [0.25, 0.3) is 0 Å². The first-order valence-electron chi connectivity index (χ1n) is 7.09. The fourth-order valence-corrected chi connectivity index (χ4v) is 2.81. The van der Waals surface area contributed by atoms with Crippen LogP contribution in [0.3, 0.4) is 0 Å². The summed E-state index contributed by atoms with van der Waals surface area (Å²) < 4.78 is 0. The lowest BCUT2D eigenvalue weighted by Crippen LogP contribution is -2.40. The van der Waals surface area contributed by atoms with Gasteiger partial charge in [-0.05, 0) is 32.0 Å². The number of piperidine rings is 1. The Balaban J connectivity index is 1.68. The molecule has 100 valence electrons. The quantitative estimate of drug-likeness (QED) is 0.913. The van der Waals surface area contributed by atoms with E-state index >= 15 is 0 Å². The van der Waals surface area contributed by atoms with Crippen LogP contribution < -0.4 is 5.32 Å². The van der Waals surface area contributed by atoms with Gasteiger partial charge in [-0.15, -0.1) is 0 Å². The summed E-state index contributed by atoms with van der Waals surface area (Å²) in [7, 11) is 2.06. The summed E-state index contributed by atoms with van der Waals surface area (Å²) in [4.78, 5) is 7.26. The summed E-state index contributed by atoms with van der Waals surface area (Å²) in [5, 5.41) is 4.59. The number of rotatable bonds is 3. The first-order valence-corrected chi connectivity index (χ1v) is 7.09.